The minimum absolute atomic E-state index is 0.0796. The Morgan fingerprint density at radius 3 is 2.88 bits per heavy atom. The summed E-state index contributed by atoms with van der Waals surface area (Å²) in [5, 5.41) is 9.64. The summed E-state index contributed by atoms with van der Waals surface area (Å²) in [6.45, 7) is 9.99. The molecule has 7 heteroatoms. The molecule has 1 aliphatic rings. The van der Waals surface area contributed by atoms with Crippen LogP contribution < -0.4 is 10.6 Å². The third-order valence-corrected chi connectivity index (χ3v) is 4.10. The standard InChI is InChI=1S/C17H28N4O3/c1-11(2)7-13-8-14(24-20-13)10-19-16(22)9-15-17(23)18-5-6-21(15)12(3)4/h8,11-12,15H,5-7,9-10H2,1-4H3,(H,18,23)(H,19,22). The van der Waals surface area contributed by atoms with Gasteiger partial charge in [-0.3, -0.25) is 14.5 Å². The molecule has 7 nitrogen and oxygen atoms in total. The molecule has 0 bridgehead atoms. The molecule has 0 saturated carbocycles. The van der Waals surface area contributed by atoms with Gasteiger partial charge in [0.25, 0.3) is 0 Å². The van der Waals surface area contributed by atoms with E-state index in [0.29, 0.717) is 24.8 Å². The average Bonchev–Trinajstić information content (AvgIpc) is 2.93. The molecule has 0 radical (unpaired) electrons. The predicted octanol–water partition coefficient (Wildman–Crippen LogP) is 1.09. The van der Waals surface area contributed by atoms with Crippen molar-refractivity contribution in [3.05, 3.63) is 17.5 Å². The molecule has 1 saturated heterocycles. The van der Waals surface area contributed by atoms with Crippen LogP contribution in [0.1, 0.15) is 45.6 Å². The van der Waals surface area contributed by atoms with E-state index in [0.717, 1.165) is 18.7 Å². The van der Waals surface area contributed by atoms with Gasteiger partial charge in [-0.1, -0.05) is 19.0 Å². The molecule has 2 heterocycles. The van der Waals surface area contributed by atoms with Crippen LogP contribution in [-0.4, -0.2) is 47.0 Å². The number of nitrogens with zero attached hydrogens (tertiary/aromatic N) is 2. The lowest BCUT2D eigenvalue weighted by Gasteiger charge is -2.37. The van der Waals surface area contributed by atoms with E-state index >= 15 is 0 Å². The summed E-state index contributed by atoms with van der Waals surface area (Å²) in [6, 6.07) is 1.68. The third-order valence-electron chi connectivity index (χ3n) is 4.10. The number of aromatic nitrogens is 1. The number of nitrogens with one attached hydrogen (secondary N) is 2. The number of amides is 2. The van der Waals surface area contributed by atoms with E-state index < -0.39 is 6.04 Å². The second kappa shape index (κ2) is 8.28. The zero-order valence-electron chi connectivity index (χ0n) is 15.0. The molecule has 1 atom stereocenters. The lowest BCUT2D eigenvalue weighted by atomic mass is 10.1. The van der Waals surface area contributed by atoms with E-state index in [-0.39, 0.29) is 24.3 Å². The van der Waals surface area contributed by atoms with E-state index in [4.69, 9.17) is 4.52 Å². The highest BCUT2D eigenvalue weighted by molar-refractivity contribution is 5.88. The summed E-state index contributed by atoms with van der Waals surface area (Å²) >= 11 is 0. The first kappa shape index (κ1) is 18.4. The summed E-state index contributed by atoms with van der Waals surface area (Å²) < 4.78 is 5.23. The molecular weight excluding hydrogens is 308 g/mol. The van der Waals surface area contributed by atoms with Crippen LogP contribution in [-0.2, 0) is 22.6 Å². The van der Waals surface area contributed by atoms with Crippen molar-refractivity contribution < 1.29 is 14.1 Å². The number of carbonyl (C=O) groups is 2. The van der Waals surface area contributed by atoms with Gasteiger partial charge in [-0.25, -0.2) is 0 Å². The molecule has 1 fully saturated rings. The van der Waals surface area contributed by atoms with Gasteiger partial charge in [-0.2, -0.15) is 0 Å². The Morgan fingerprint density at radius 1 is 1.46 bits per heavy atom. The van der Waals surface area contributed by atoms with Crippen LogP contribution in [0, 0.1) is 5.92 Å². The molecule has 0 aromatic carbocycles. The fourth-order valence-electron chi connectivity index (χ4n) is 2.95. The number of piperazine rings is 1. The van der Waals surface area contributed by atoms with Crippen LogP contribution in [0.2, 0.25) is 0 Å². The molecule has 2 N–H and O–H groups in total. The van der Waals surface area contributed by atoms with Gasteiger partial charge >= 0.3 is 0 Å². The first-order valence-corrected chi connectivity index (χ1v) is 8.61. The van der Waals surface area contributed by atoms with Crippen LogP contribution in [0.3, 0.4) is 0 Å². The predicted molar refractivity (Wildman–Crippen MR) is 90.1 cm³/mol. The topological polar surface area (TPSA) is 87.5 Å². The molecule has 24 heavy (non-hydrogen) atoms. The number of hydrogen-bond donors (Lipinski definition) is 2. The summed E-state index contributed by atoms with van der Waals surface area (Å²) in [6.07, 6.45) is 1.00. The van der Waals surface area contributed by atoms with Crippen LogP contribution in [0.25, 0.3) is 0 Å². The molecule has 1 aromatic rings. The summed E-state index contributed by atoms with van der Waals surface area (Å²) in [4.78, 5) is 26.3. The van der Waals surface area contributed by atoms with Gasteiger partial charge in [0.15, 0.2) is 5.76 Å². The maximum atomic E-state index is 12.2. The molecule has 1 aliphatic heterocycles. The van der Waals surface area contributed by atoms with Crippen molar-refractivity contribution >= 4 is 11.8 Å². The van der Waals surface area contributed by atoms with E-state index in [1.54, 1.807) is 0 Å². The van der Waals surface area contributed by atoms with Gasteiger partial charge in [-0.15, -0.1) is 0 Å². The van der Waals surface area contributed by atoms with E-state index in [1.165, 1.54) is 0 Å². The highest BCUT2D eigenvalue weighted by Crippen LogP contribution is 2.13. The zero-order valence-corrected chi connectivity index (χ0v) is 15.0. The molecular formula is C17H28N4O3. The van der Waals surface area contributed by atoms with E-state index in [9.17, 15) is 9.59 Å². The molecule has 1 aromatic heterocycles. The Morgan fingerprint density at radius 2 is 2.21 bits per heavy atom. The van der Waals surface area contributed by atoms with Gasteiger partial charge in [0, 0.05) is 25.2 Å². The monoisotopic (exact) mass is 336 g/mol. The van der Waals surface area contributed by atoms with Crippen molar-refractivity contribution in [2.75, 3.05) is 13.1 Å². The van der Waals surface area contributed by atoms with Crippen molar-refractivity contribution in [2.45, 2.75) is 59.2 Å². The minimum atomic E-state index is -0.412. The molecule has 2 amide bonds. The Labute approximate surface area is 143 Å². The van der Waals surface area contributed by atoms with Crippen LogP contribution >= 0.6 is 0 Å². The molecule has 1 unspecified atom stereocenters. The van der Waals surface area contributed by atoms with Crippen molar-refractivity contribution in [2.24, 2.45) is 5.92 Å². The van der Waals surface area contributed by atoms with Crippen molar-refractivity contribution in [1.29, 1.82) is 0 Å². The van der Waals surface area contributed by atoms with Gasteiger partial charge in [0.05, 0.1) is 24.7 Å². The highest BCUT2D eigenvalue weighted by atomic mass is 16.5. The highest BCUT2D eigenvalue weighted by Gasteiger charge is 2.32. The Hall–Kier alpha value is -1.89. The second-order valence-corrected chi connectivity index (χ2v) is 7.00. The number of rotatable bonds is 7. The Bertz CT molecular complexity index is 568. The van der Waals surface area contributed by atoms with Gasteiger partial charge in [0.2, 0.25) is 11.8 Å². The lowest BCUT2D eigenvalue weighted by Crippen LogP contribution is -2.58. The minimum Gasteiger partial charge on any atom is -0.359 e. The van der Waals surface area contributed by atoms with E-state index in [1.807, 2.05) is 19.9 Å². The Kier molecular flexibility index (Phi) is 6.36. The number of hydrogen-bond acceptors (Lipinski definition) is 5. The molecule has 0 aliphatic carbocycles. The van der Waals surface area contributed by atoms with Crippen LogP contribution in [0.15, 0.2) is 10.6 Å². The summed E-state index contributed by atoms with van der Waals surface area (Å²) in [7, 11) is 0. The average molecular weight is 336 g/mol. The van der Waals surface area contributed by atoms with Crippen LogP contribution in [0.4, 0.5) is 0 Å². The maximum absolute atomic E-state index is 12.2. The van der Waals surface area contributed by atoms with Crippen molar-refractivity contribution in [3.63, 3.8) is 0 Å². The normalized spacial score (nSPS) is 18.9. The largest absolute Gasteiger partial charge is 0.359 e. The van der Waals surface area contributed by atoms with Gasteiger partial charge in [-0.05, 0) is 26.2 Å². The first-order valence-electron chi connectivity index (χ1n) is 8.61. The lowest BCUT2D eigenvalue weighted by molar-refractivity contribution is -0.134. The molecule has 0 spiro atoms. The van der Waals surface area contributed by atoms with E-state index in [2.05, 4.69) is 34.5 Å². The summed E-state index contributed by atoms with van der Waals surface area (Å²) in [5.41, 5.74) is 0.895. The Balaban J connectivity index is 1.85. The van der Waals surface area contributed by atoms with Gasteiger partial charge in [0.1, 0.15) is 0 Å². The molecule has 134 valence electrons. The summed E-state index contributed by atoms with van der Waals surface area (Å²) in [5.74, 6) is 0.894. The first-order chi connectivity index (χ1) is 11.4. The molecule has 2 rings (SSSR count). The third kappa shape index (κ3) is 5.06. The smallest absolute Gasteiger partial charge is 0.237 e. The SMILES string of the molecule is CC(C)Cc1cc(CNC(=O)CC2C(=O)NCCN2C(C)C)on1. The van der Waals surface area contributed by atoms with Crippen LogP contribution in [0.5, 0.6) is 0 Å². The van der Waals surface area contributed by atoms with Crippen molar-refractivity contribution in [1.82, 2.24) is 20.7 Å². The fourth-order valence-corrected chi connectivity index (χ4v) is 2.95. The second-order valence-electron chi connectivity index (χ2n) is 7.00. The maximum Gasteiger partial charge on any atom is 0.237 e. The van der Waals surface area contributed by atoms with Crippen molar-refractivity contribution in [3.8, 4) is 0 Å². The number of carbonyl (C=O) groups excluding carboxylic acids is 2. The quantitative estimate of drug-likeness (QED) is 0.778. The fraction of sp³-hybridized carbons (Fsp3) is 0.706. The van der Waals surface area contributed by atoms with Gasteiger partial charge < -0.3 is 15.2 Å². The zero-order chi connectivity index (χ0) is 17.7.